The number of H-pyrrole nitrogens is 1. The standard InChI is InChI=1S/C19H15BrN4O3/c1-2-24-15-6-4-3-5-11(15)9-16(24)18(25)21-14-8-7-12(20)10-13(14)17-22-19(26)27-23-17/h3-10H,2H2,1H3,(H,21,25)(H,22,23,26). The molecule has 0 unspecified atom stereocenters. The van der Waals surface area contributed by atoms with Gasteiger partial charge in [-0.15, -0.1) is 0 Å². The van der Waals surface area contributed by atoms with Crippen molar-refractivity contribution in [1.82, 2.24) is 14.7 Å². The summed E-state index contributed by atoms with van der Waals surface area (Å²) in [5.41, 5.74) is 2.62. The molecule has 1 amide bonds. The summed E-state index contributed by atoms with van der Waals surface area (Å²) in [5, 5.41) is 7.63. The van der Waals surface area contributed by atoms with Crippen LogP contribution in [-0.2, 0) is 6.54 Å². The number of nitrogens with one attached hydrogen (secondary N) is 2. The molecule has 0 aliphatic carbocycles. The molecule has 0 atom stereocenters. The molecule has 2 N–H and O–H groups in total. The number of para-hydroxylation sites is 1. The van der Waals surface area contributed by atoms with Crippen molar-refractivity contribution in [1.29, 1.82) is 0 Å². The number of benzene rings is 2. The number of halogens is 1. The molecule has 27 heavy (non-hydrogen) atoms. The molecule has 2 aromatic carbocycles. The lowest BCUT2D eigenvalue weighted by Crippen LogP contribution is -2.17. The van der Waals surface area contributed by atoms with E-state index < -0.39 is 5.76 Å². The fourth-order valence-corrected chi connectivity index (χ4v) is 3.45. The summed E-state index contributed by atoms with van der Waals surface area (Å²) in [6.07, 6.45) is 0. The summed E-state index contributed by atoms with van der Waals surface area (Å²) < 4.78 is 7.33. The van der Waals surface area contributed by atoms with E-state index in [2.05, 4.69) is 35.9 Å². The van der Waals surface area contributed by atoms with E-state index in [9.17, 15) is 9.59 Å². The van der Waals surface area contributed by atoms with Gasteiger partial charge in [-0.2, -0.15) is 0 Å². The summed E-state index contributed by atoms with van der Waals surface area (Å²) in [7, 11) is 0. The van der Waals surface area contributed by atoms with Gasteiger partial charge in [0, 0.05) is 27.5 Å². The molecule has 0 bridgehead atoms. The second kappa shape index (κ2) is 6.88. The summed E-state index contributed by atoms with van der Waals surface area (Å²) >= 11 is 3.39. The van der Waals surface area contributed by atoms with E-state index in [1.54, 1.807) is 18.2 Å². The van der Waals surface area contributed by atoms with Gasteiger partial charge in [0.15, 0.2) is 5.82 Å². The summed E-state index contributed by atoms with van der Waals surface area (Å²) in [6.45, 7) is 2.66. The van der Waals surface area contributed by atoms with Crippen molar-refractivity contribution < 1.29 is 9.32 Å². The molecule has 2 heterocycles. The first kappa shape index (κ1) is 17.3. The number of rotatable bonds is 4. The Hall–Kier alpha value is -3.13. The van der Waals surface area contributed by atoms with Crippen molar-refractivity contribution in [3.8, 4) is 11.4 Å². The second-order valence-electron chi connectivity index (χ2n) is 5.92. The lowest BCUT2D eigenvalue weighted by Gasteiger charge is -2.11. The molecule has 2 aromatic heterocycles. The van der Waals surface area contributed by atoms with Gasteiger partial charge in [0.2, 0.25) is 0 Å². The van der Waals surface area contributed by atoms with E-state index in [1.807, 2.05) is 41.8 Å². The first-order valence-electron chi connectivity index (χ1n) is 8.32. The molecule has 0 radical (unpaired) electrons. The van der Waals surface area contributed by atoms with Crippen LogP contribution in [0.25, 0.3) is 22.3 Å². The van der Waals surface area contributed by atoms with Crippen LogP contribution in [0.1, 0.15) is 17.4 Å². The molecule has 8 heteroatoms. The van der Waals surface area contributed by atoms with Gasteiger partial charge >= 0.3 is 5.76 Å². The van der Waals surface area contributed by atoms with Crippen LogP contribution in [0, 0.1) is 0 Å². The zero-order valence-electron chi connectivity index (χ0n) is 14.3. The summed E-state index contributed by atoms with van der Waals surface area (Å²) in [5.74, 6) is -0.663. The van der Waals surface area contributed by atoms with Crippen LogP contribution in [0.2, 0.25) is 0 Å². The number of carbonyl (C=O) groups is 1. The highest BCUT2D eigenvalue weighted by Gasteiger charge is 2.18. The Kier molecular flexibility index (Phi) is 4.41. The minimum Gasteiger partial charge on any atom is -0.337 e. The van der Waals surface area contributed by atoms with E-state index in [0.717, 1.165) is 15.4 Å². The average molecular weight is 427 g/mol. The Morgan fingerprint density at radius 2 is 2.07 bits per heavy atom. The number of aromatic amines is 1. The fourth-order valence-electron chi connectivity index (χ4n) is 3.09. The highest BCUT2D eigenvalue weighted by Crippen LogP contribution is 2.29. The topological polar surface area (TPSA) is 92.9 Å². The summed E-state index contributed by atoms with van der Waals surface area (Å²) in [6, 6.07) is 15.0. The van der Waals surface area contributed by atoms with Gasteiger partial charge in [-0.3, -0.25) is 14.3 Å². The van der Waals surface area contributed by atoms with E-state index in [4.69, 9.17) is 0 Å². The number of amides is 1. The van der Waals surface area contributed by atoms with Gasteiger partial charge in [0.25, 0.3) is 5.91 Å². The molecule has 0 saturated carbocycles. The van der Waals surface area contributed by atoms with Gasteiger partial charge in [-0.25, -0.2) is 4.79 Å². The Labute approximate surface area is 162 Å². The van der Waals surface area contributed by atoms with Gasteiger partial charge < -0.3 is 9.88 Å². The minimum absolute atomic E-state index is 0.243. The van der Waals surface area contributed by atoms with Crippen LogP contribution < -0.4 is 11.1 Å². The molecule has 0 fully saturated rings. The van der Waals surface area contributed by atoms with Crippen molar-refractivity contribution in [2.45, 2.75) is 13.5 Å². The normalized spacial score (nSPS) is 11.0. The number of fused-ring (bicyclic) bond motifs is 1. The number of aryl methyl sites for hydroxylation is 1. The van der Waals surface area contributed by atoms with Crippen molar-refractivity contribution >= 4 is 38.4 Å². The van der Waals surface area contributed by atoms with Gasteiger partial charge in [0.1, 0.15) is 5.69 Å². The zero-order chi connectivity index (χ0) is 19.0. The number of aromatic nitrogens is 3. The average Bonchev–Trinajstić information content (AvgIpc) is 3.26. The molecule has 0 aliphatic rings. The predicted octanol–water partition coefficient (Wildman–Crippen LogP) is 4.02. The van der Waals surface area contributed by atoms with Crippen LogP contribution in [0.5, 0.6) is 0 Å². The SMILES string of the molecule is CCn1c(C(=O)Nc2ccc(Br)cc2-c2noc(=O)[nH]2)cc2ccccc21. The van der Waals surface area contributed by atoms with Crippen LogP contribution in [0.15, 0.2) is 62.3 Å². The van der Waals surface area contributed by atoms with Crippen LogP contribution >= 0.6 is 15.9 Å². The Balaban J connectivity index is 1.75. The zero-order valence-corrected chi connectivity index (χ0v) is 15.9. The Bertz CT molecular complexity index is 1210. The number of nitrogens with zero attached hydrogens (tertiary/aromatic N) is 2. The maximum Gasteiger partial charge on any atom is 0.439 e. The third kappa shape index (κ3) is 3.19. The quantitative estimate of drug-likeness (QED) is 0.515. The highest BCUT2D eigenvalue weighted by molar-refractivity contribution is 9.10. The fraction of sp³-hybridized carbons (Fsp3) is 0.105. The highest BCUT2D eigenvalue weighted by atomic mass is 79.9. The van der Waals surface area contributed by atoms with Crippen LogP contribution in [0.3, 0.4) is 0 Å². The third-order valence-electron chi connectivity index (χ3n) is 4.28. The Morgan fingerprint density at radius 1 is 1.26 bits per heavy atom. The van der Waals surface area contributed by atoms with Crippen molar-refractivity contribution in [2.75, 3.05) is 5.32 Å². The van der Waals surface area contributed by atoms with Gasteiger partial charge in [-0.05, 0) is 37.3 Å². The van der Waals surface area contributed by atoms with Crippen molar-refractivity contribution in [3.63, 3.8) is 0 Å². The van der Waals surface area contributed by atoms with Crippen LogP contribution in [-0.4, -0.2) is 20.6 Å². The number of anilines is 1. The lowest BCUT2D eigenvalue weighted by molar-refractivity contribution is 0.101. The minimum atomic E-state index is -0.659. The van der Waals surface area contributed by atoms with Gasteiger partial charge in [0.05, 0.1) is 5.69 Å². The van der Waals surface area contributed by atoms with E-state index >= 15 is 0 Å². The van der Waals surface area contributed by atoms with E-state index in [1.165, 1.54) is 0 Å². The smallest absolute Gasteiger partial charge is 0.337 e. The number of hydrogen-bond donors (Lipinski definition) is 2. The van der Waals surface area contributed by atoms with Crippen molar-refractivity contribution in [2.24, 2.45) is 0 Å². The Morgan fingerprint density at radius 3 is 2.81 bits per heavy atom. The molecule has 7 nitrogen and oxygen atoms in total. The molecule has 4 aromatic rings. The van der Waals surface area contributed by atoms with Crippen molar-refractivity contribution in [3.05, 3.63) is 69.2 Å². The molecule has 4 rings (SSSR count). The predicted molar refractivity (Wildman–Crippen MR) is 106 cm³/mol. The maximum atomic E-state index is 13.0. The third-order valence-corrected chi connectivity index (χ3v) is 4.78. The number of hydrogen-bond acceptors (Lipinski definition) is 4. The van der Waals surface area contributed by atoms with Gasteiger partial charge in [-0.1, -0.05) is 39.3 Å². The molecule has 0 saturated heterocycles. The molecule has 136 valence electrons. The summed E-state index contributed by atoms with van der Waals surface area (Å²) in [4.78, 5) is 26.8. The second-order valence-corrected chi connectivity index (χ2v) is 6.84. The maximum absolute atomic E-state index is 13.0. The molecular weight excluding hydrogens is 412 g/mol. The first-order valence-corrected chi connectivity index (χ1v) is 9.11. The lowest BCUT2D eigenvalue weighted by atomic mass is 10.1. The first-order chi connectivity index (χ1) is 13.1. The monoisotopic (exact) mass is 426 g/mol. The van der Waals surface area contributed by atoms with E-state index in [0.29, 0.717) is 23.5 Å². The van der Waals surface area contributed by atoms with Crippen LogP contribution in [0.4, 0.5) is 5.69 Å². The molecule has 0 aliphatic heterocycles. The largest absolute Gasteiger partial charge is 0.439 e. The molecular formula is C19H15BrN4O3. The van der Waals surface area contributed by atoms with E-state index in [-0.39, 0.29) is 11.7 Å². The molecule has 0 spiro atoms. The number of carbonyl (C=O) groups excluding carboxylic acids is 1.